The first-order chi connectivity index (χ1) is 13.1. The SMILES string of the molecule is CCN1C[C@H](c2ccccc2)CC2(CCN(C(=O)c3ccnn3C)CC2)C1. The number of benzene rings is 1. The first-order valence-corrected chi connectivity index (χ1v) is 10.1. The van der Waals surface area contributed by atoms with Crippen LogP contribution >= 0.6 is 0 Å². The van der Waals surface area contributed by atoms with Gasteiger partial charge < -0.3 is 9.80 Å². The van der Waals surface area contributed by atoms with E-state index in [0.717, 1.165) is 39.0 Å². The lowest BCUT2D eigenvalue weighted by molar-refractivity contribution is 0.0154. The van der Waals surface area contributed by atoms with Gasteiger partial charge in [0.05, 0.1) is 0 Å². The van der Waals surface area contributed by atoms with Crippen molar-refractivity contribution >= 4 is 5.91 Å². The number of piperidine rings is 2. The summed E-state index contributed by atoms with van der Waals surface area (Å²) in [6.07, 6.45) is 5.12. The second-order valence-corrected chi connectivity index (χ2v) is 8.27. The molecule has 144 valence electrons. The van der Waals surface area contributed by atoms with Gasteiger partial charge in [-0.1, -0.05) is 37.3 Å². The van der Waals surface area contributed by atoms with Gasteiger partial charge in [-0.05, 0) is 48.8 Å². The van der Waals surface area contributed by atoms with E-state index in [9.17, 15) is 4.79 Å². The van der Waals surface area contributed by atoms with Gasteiger partial charge in [-0.25, -0.2) is 0 Å². The van der Waals surface area contributed by atoms with Gasteiger partial charge in [-0.2, -0.15) is 5.10 Å². The average Bonchev–Trinajstić information content (AvgIpc) is 3.14. The van der Waals surface area contributed by atoms with E-state index in [1.165, 1.54) is 18.5 Å². The van der Waals surface area contributed by atoms with Crippen molar-refractivity contribution < 1.29 is 4.79 Å². The fourth-order valence-corrected chi connectivity index (χ4v) is 4.98. The second-order valence-electron chi connectivity index (χ2n) is 8.27. The third-order valence-corrected chi connectivity index (χ3v) is 6.59. The van der Waals surface area contributed by atoms with Crippen LogP contribution in [0.4, 0.5) is 0 Å². The number of carbonyl (C=O) groups is 1. The molecule has 1 atom stereocenters. The van der Waals surface area contributed by atoms with Crippen molar-refractivity contribution in [1.29, 1.82) is 0 Å². The Hall–Kier alpha value is -2.14. The minimum Gasteiger partial charge on any atom is -0.337 e. The van der Waals surface area contributed by atoms with Gasteiger partial charge in [-0.15, -0.1) is 0 Å². The molecule has 0 N–H and O–H groups in total. The summed E-state index contributed by atoms with van der Waals surface area (Å²) in [6.45, 7) is 7.39. The summed E-state index contributed by atoms with van der Waals surface area (Å²) in [4.78, 5) is 17.4. The highest BCUT2D eigenvalue weighted by Crippen LogP contribution is 2.45. The third kappa shape index (κ3) is 3.65. The molecule has 1 aromatic carbocycles. The first-order valence-electron chi connectivity index (χ1n) is 10.1. The van der Waals surface area contributed by atoms with Gasteiger partial charge in [-0.3, -0.25) is 9.48 Å². The Labute approximate surface area is 162 Å². The highest BCUT2D eigenvalue weighted by molar-refractivity contribution is 5.92. The van der Waals surface area contributed by atoms with Gasteiger partial charge >= 0.3 is 0 Å². The average molecular weight is 367 g/mol. The van der Waals surface area contributed by atoms with E-state index < -0.39 is 0 Å². The molecule has 27 heavy (non-hydrogen) atoms. The third-order valence-electron chi connectivity index (χ3n) is 6.59. The van der Waals surface area contributed by atoms with Crippen molar-refractivity contribution in [1.82, 2.24) is 19.6 Å². The molecule has 4 rings (SSSR count). The van der Waals surface area contributed by atoms with Crippen LogP contribution < -0.4 is 0 Å². The summed E-state index contributed by atoms with van der Waals surface area (Å²) in [5.74, 6) is 0.715. The van der Waals surface area contributed by atoms with E-state index in [0.29, 0.717) is 17.0 Å². The molecule has 5 nitrogen and oxygen atoms in total. The minimum atomic E-state index is 0.118. The minimum absolute atomic E-state index is 0.118. The predicted molar refractivity (Wildman–Crippen MR) is 107 cm³/mol. The van der Waals surface area contributed by atoms with Gasteiger partial charge in [0, 0.05) is 39.4 Å². The van der Waals surface area contributed by atoms with E-state index in [-0.39, 0.29) is 5.91 Å². The van der Waals surface area contributed by atoms with E-state index >= 15 is 0 Å². The molecule has 1 amide bonds. The van der Waals surface area contributed by atoms with Crippen molar-refractivity contribution in [2.45, 2.75) is 32.1 Å². The number of likely N-dealkylation sites (N-methyl/N-ethyl adjacent to an activating group) is 1. The largest absolute Gasteiger partial charge is 0.337 e. The highest BCUT2D eigenvalue weighted by Gasteiger charge is 2.42. The van der Waals surface area contributed by atoms with Gasteiger partial charge in [0.2, 0.25) is 0 Å². The molecule has 0 bridgehead atoms. The predicted octanol–water partition coefficient (Wildman–Crippen LogP) is 3.15. The molecule has 2 fully saturated rings. The topological polar surface area (TPSA) is 41.4 Å². The Morgan fingerprint density at radius 1 is 1.19 bits per heavy atom. The lowest BCUT2D eigenvalue weighted by Crippen LogP contribution is -2.52. The molecule has 5 heteroatoms. The maximum Gasteiger partial charge on any atom is 0.272 e. The number of hydrogen-bond donors (Lipinski definition) is 0. The summed E-state index contributed by atoms with van der Waals surface area (Å²) in [5.41, 5.74) is 2.48. The lowest BCUT2D eigenvalue weighted by atomic mass is 9.68. The van der Waals surface area contributed by atoms with Crippen molar-refractivity contribution in [2.75, 3.05) is 32.7 Å². The number of amides is 1. The lowest BCUT2D eigenvalue weighted by Gasteiger charge is -2.50. The fraction of sp³-hybridized carbons (Fsp3) is 0.545. The van der Waals surface area contributed by atoms with E-state index in [1.54, 1.807) is 10.9 Å². The second kappa shape index (κ2) is 7.47. The van der Waals surface area contributed by atoms with Crippen LogP contribution in [0.5, 0.6) is 0 Å². The van der Waals surface area contributed by atoms with Crippen molar-refractivity contribution in [3.05, 3.63) is 53.9 Å². The zero-order chi connectivity index (χ0) is 18.9. The molecule has 3 heterocycles. The van der Waals surface area contributed by atoms with Crippen LogP contribution in [0.2, 0.25) is 0 Å². The summed E-state index contributed by atoms with van der Waals surface area (Å²) >= 11 is 0. The molecular formula is C22H30N4O. The van der Waals surface area contributed by atoms with E-state index in [4.69, 9.17) is 0 Å². The number of aryl methyl sites for hydroxylation is 1. The Bertz CT molecular complexity index is 777. The number of rotatable bonds is 3. The molecule has 0 radical (unpaired) electrons. The number of likely N-dealkylation sites (tertiary alicyclic amines) is 2. The Balaban J connectivity index is 1.47. The van der Waals surface area contributed by atoms with E-state index in [1.807, 2.05) is 18.0 Å². The van der Waals surface area contributed by atoms with E-state index in [2.05, 4.69) is 47.3 Å². The normalized spacial score (nSPS) is 22.9. The maximum absolute atomic E-state index is 12.8. The van der Waals surface area contributed by atoms with Crippen LogP contribution in [-0.4, -0.2) is 58.2 Å². The maximum atomic E-state index is 12.8. The summed E-state index contributed by atoms with van der Waals surface area (Å²) in [5, 5.41) is 4.14. The summed E-state index contributed by atoms with van der Waals surface area (Å²) in [6, 6.07) is 12.8. The number of carbonyl (C=O) groups excluding carboxylic acids is 1. The smallest absolute Gasteiger partial charge is 0.272 e. The highest BCUT2D eigenvalue weighted by atomic mass is 16.2. The monoisotopic (exact) mass is 366 g/mol. The van der Waals surface area contributed by atoms with Crippen LogP contribution in [0, 0.1) is 5.41 Å². The Morgan fingerprint density at radius 2 is 1.93 bits per heavy atom. The van der Waals surface area contributed by atoms with Crippen LogP contribution in [0.15, 0.2) is 42.6 Å². The Kier molecular flexibility index (Phi) is 5.04. The van der Waals surface area contributed by atoms with Crippen LogP contribution in [0.25, 0.3) is 0 Å². The van der Waals surface area contributed by atoms with Gasteiger partial charge in [0.15, 0.2) is 0 Å². The molecule has 2 aliphatic rings. The number of hydrogen-bond acceptors (Lipinski definition) is 3. The van der Waals surface area contributed by atoms with Gasteiger partial charge in [0.25, 0.3) is 5.91 Å². The van der Waals surface area contributed by atoms with Crippen LogP contribution in [0.3, 0.4) is 0 Å². The summed E-state index contributed by atoms with van der Waals surface area (Å²) in [7, 11) is 1.84. The molecule has 0 saturated carbocycles. The zero-order valence-electron chi connectivity index (χ0n) is 16.5. The zero-order valence-corrected chi connectivity index (χ0v) is 16.5. The van der Waals surface area contributed by atoms with Crippen molar-refractivity contribution in [3.8, 4) is 0 Å². The molecule has 0 aliphatic carbocycles. The molecular weight excluding hydrogens is 336 g/mol. The number of nitrogens with zero attached hydrogens (tertiary/aromatic N) is 4. The summed E-state index contributed by atoms with van der Waals surface area (Å²) < 4.78 is 1.68. The first kappa shape index (κ1) is 18.2. The quantitative estimate of drug-likeness (QED) is 0.838. The van der Waals surface area contributed by atoms with Crippen LogP contribution in [-0.2, 0) is 7.05 Å². The molecule has 1 spiro atoms. The Morgan fingerprint density at radius 3 is 2.56 bits per heavy atom. The van der Waals surface area contributed by atoms with Crippen molar-refractivity contribution in [2.24, 2.45) is 12.5 Å². The van der Waals surface area contributed by atoms with Crippen molar-refractivity contribution in [3.63, 3.8) is 0 Å². The molecule has 0 unspecified atom stereocenters. The van der Waals surface area contributed by atoms with Crippen LogP contribution in [0.1, 0.15) is 48.2 Å². The standard InChI is InChI=1S/C22H30N4O/c1-3-25-16-19(18-7-5-4-6-8-18)15-22(17-25)10-13-26(14-11-22)21(27)20-9-12-23-24(20)2/h4-9,12,19H,3,10-11,13-17H2,1-2H3/t19-/m1/s1. The van der Waals surface area contributed by atoms with Gasteiger partial charge in [0.1, 0.15) is 5.69 Å². The molecule has 2 aromatic rings. The molecule has 2 aliphatic heterocycles. The molecule has 1 aromatic heterocycles. The molecule has 2 saturated heterocycles. The number of aromatic nitrogens is 2. The fourth-order valence-electron chi connectivity index (χ4n) is 4.98.